The molecule has 0 saturated heterocycles. The van der Waals surface area contributed by atoms with Crippen LogP contribution in [0.1, 0.15) is 6.92 Å². The van der Waals surface area contributed by atoms with Gasteiger partial charge in [-0.05, 0) is 6.92 Å². The monoisotopic (exact) mass is 266 g/mol. The summed E-state index contributed by atoms with van der Waals surface area (Å²) in [6, 6.07) is 0. The molecule has 3 heteroatoms. The van der Waals surface area contributed by atoms with Gasteiger partial charge in [0.25, 0.3) is 0 Å². The summed E-state index contributed by atoms with van der Waals surface area (Å²) in [5.41, 5.74) is 0. The Morgan fingerprint density at radius 2 is 1.60 bits per heavy atom. The van der Waals surface area contributed by atoms with Gasteiger partial charge in [0.1, 0.15) is 0 Å². The first-order chi connectivity index (χ1) is 1.41. The molecule has 0 amide bonds. The summed E-state index contributed by atoms with van der Waals surface area (Å²) < 4.78 is 0. The fourth-order valence-corrected chi connectivity index (χ4v) is 0. The van der Waals surface area contributed by atoms with Crippen molar-refractivity contribution >= 4 is 12.4 Å². The number of hydrogen-bond acceptors (Lipinski definition) is 1. The minimum Gasteiger partial charge on any atom is -0.397 e. The molecule has 0 rings (SSSR count). The smallest absolute Gasteiger partial charge is 0.0402 e. The van der Waals surface area contributed by atoms with Crippen LogP contribution in [0.4, 0.5) is 0 Å². The second-order valence-corrected chi connectivity index (χ2v) is 0.316. The topological polar surface area (TPSA) is 20.2 Å². The van der Waals surface area contributed by atoms with Gasteiger partial charge in [0.2, 0.25) is 0 Å². The molecular formula is C2H7ClOW. The summed E-state index contributed by atoms with van der Waals surface area (Å²) in [5, 5.41) is 7.57. The molecule has 0 radical (unpaired) electrons. The molecule has 0 spiro atoms. The standard InChI is InChI=1S/C2H6O.ClH.W/c1-2-3;;/h3H,2H2,1H3;1H;. The van der Waals surface area contributed by atoms with E-state index in [9.17, 15) is 0 Å². The van der Waals surface area contributed by atoms with Gasteiger partial charge in [-0.15, -0.1) is 12.4 Å². The summed E-state index contributed by atoms with van der Waals surface area (Å²) in [6.45, 7) is 1.93. The minimum atomic E-state index is 0. The van der Waals surface area contributed by atoms with Crippen LogP contribution in [0.15, 0.2) is 0 Å². The van der Waals surface area contributed by atoms with Crippen LogP contribution in [0.5, 0.6) is 0 Å². The van der Waals surface area contributed by atoms with Crippen LogP contribution < -0.4 is 0 Å². The van der Waals surface area contributed by atoms with E-state index in [2.05, 4.69) is 0 Å². The van der Waals surface area contributed by atoms with Crippen LogP contribution in [0.25, 0.3) is 0 Å². The Labute approximate surface area is 52.4 Å². The van der Waals surface area contributed by atoms with Crippen LogP contribution in [0.3, 0.4) is 0 Å². The number of hydrogen-bond donors (Lipinski definition) is 1. The number of aliphatic hydroxyl groups is 1. The van der Waals surface area contributed by atoms with Gasteiger partial charge in [-0.2, -0.15) is 0 Å². The zero-order valence-electron chi connectivity index (χ0n) is 2.97. The molecule has 0 aromatic heterocycles. The fraction of sp³-hybridized carbons (Fsp3) is 1.00. The Morgan fingerprint density at radius 1 is 1.60 bits per heavy atom. The molecule has 0 heterocycles. The Morgan fingerprint density at radius 3 is 1.60 bits per heavy atom. The van der Waals surface area contributed by atoms with Gasteiger partial charge in [-0.25, -0.2) is 0 Å². The van der Waals surface area contributed by atoms with Gasteiger partial charge in [0.05, 0.1) is 0 Å². The number of halogens is 1. The van der Waals surface area contributed by atoms with E-state index in [0.29, 0.717) is 0 Å². The largest absolute Gasteiger partial charge is 0.397 e. The van der Waals surface area contributed by atoms with Crippen molar-refractivity contribution in [1.82, 2.24) is 0 Å². The molecule has 0 saturated carbocycles. The van der Waals surface area contributed by atoms with Crippen LogP contribution in [0, 0.1) is 0 Å². The molecule has 0 aliphatic rings. The van der Waals surface area contributed by atoms with Gasteiger partial charge in [-0.1, -0.05) is 0 Å². The van der Waals surface area contributed by atoms with Gasteiger partial charge in [0.15, 0.2) is 0 Å². The van der Waals surface area contributed by atoms with Crippen LogP contribution >= 0.6 is 12.4 Å². The molecular weight excluding hydrogens is 259 g/mol. The molecule has 0 atom stereocenters. The normalized spacial score (nSPS) is 3.60. The van der Waals surface area contributed by atoms with Crippen molar-refractivity contribution in [1.29, 1.82) is 0 Å². The van der Waals surface area contributed by atoms with Crippen molar-refractivity contribution in [2.75, 3.05) is 6.61 Å². The van der Waals surface area contributed by atoms with Crippen molar-refractivity contribution < 1.29 is 26.2 Å². The number of aliphatic hydroxyl groups excluding tert-OH is 1. The van der Waals surface area contributed by atoms with E-state index < -0.39 is 0 Å². The van der Waals surface area contributed by atoms with Crippen molar-refractivity contribution in [3.05, 3.63) is 0 Å². The van der Waals surface area contributed by atoms with E-state index in [-0.39, 0.29) is 40.1 Å². The third-order valence-corrected chi connectivity index (χ3v) is 0. The summed E-state index contributed by atoms with van der Waals surface area (Å²) in [4.78, 5) is 0. The summed E-state index contributed by atoms with van der Waals surface area (Å²) >= 11 is 0. The molecule has 0 aliphatic carbocycles. The molecule has 34 valence electrons. The fourth-order valence-electron chi connectivity index (χ4n) is 0. The van der Waals surface area contributed by atoms with Crippen LogP contribution in [0.2, 0.25) is 0 Å². The molecule has 1 nitrogen and oxygen atoms in total. The van der Waals surface area contributed by atoms with E-state index in [4.69, 9.17) is 5.11 Å². The summed E-state index contributed by atoms with van der Waals surface area (Å²) in [5.74, 6) is 0. The molecule has 0 unspecified atom stereocenters. The van der Waals surface area contributed by atoms with Crippen molar-refractivity contribution in [2.45, 2.75) is 6.92 Å². The third-order valence-electron chi connectivity index (χ3n) is 0. The first-order valence-electron chi connectivity index (χ1n) is 1.02. The minimum absolute atomic E-state index is 0. The average molecular weight is 266 g/mol. The predicted octanol–water partition coefficient (Wildman–Crippen LogP) is 0.418. The van der Waals surface area contributed by atoms with E-state index in [0.717, 1.165) is 0 Å². The van der Waals surface area contributed by atoms with Gasteiger partial charge in [0, 0.05) is 27.7 Å². The first kappa shape index (κ1) is 16.8. The third kappa shape index (κ3) is 48.4. The van der Waals surface area contributed by atoms with Crippen molar-refractivity contribution in [2.24, 2.45) is 0 Å². The van der Waals surface area contributed by atoms with E-state index in [1.54, 1.807) is 6.92 Å². The Hall–Kier alpha value is 0.938. The van der Waals surface area contributed by atoms with Crippen LogP contribution in [-0.2, 0) is 21.1 Å². The zero-order valence-corrected chi connectivity index (χ0v) is 6.72. The quantitative estimate of drug-likeness (QED) is 0.674. The van der Waals surface area contributed by atoms with E-state index in [1.807, 2.05) is 0 Å². The average Bonchev–Trinajstić information content (AvgIpc) is 0.918. The van der Waals surface area contributed by atoms with Crippen molar-refractivity contribution in [3.8, 4) is 0 Å². The maximum absolute atomic E-state index is 7.57. The molecule has 0 fully saturated rings. The maximum atomic E-state index is 7.57. The Bertz CT molecular complexity index is 9.61. The van der Waals surface area contributed by atoms with Gasteiger partial charge < -0.3 is 5.11 Å². The Balaban J connectivity index is -0.0000000200. The van der Waals surface area contributed by atoms with Gasteiger partial charge >= 0.3 is 0 Å². The molecule has 0 aromatic carbocycles. The molecule has 1 N–H and O–H groups in total. The second-order valence-electron chi connectivity index (χ2n) is 0.316. The molecule has 0 aliphatic heterocycles. The summed E-state index contributed by atoms with van der Waals surface area (Å²) in [7, 11) is 0. The van der Waals surface area contributed by atoms with E-state index in [1.165, 1.54) is 0 Å². The summed E-state index contributed by atoms with van der Waals surface area (Å²) in [6.07, 6.45) is 0. The van der Waals surface area contributed by atoms with Gasteiger partial charge in [-0.3, -0.25) is 0 Å². The Kier molecular flexibility index (Phi) is 68.4. The molecule has 5 heavy (non-hydrogen) atoms. The predicted molar refractivity (Wildman–Crippen MR) is 20.0 cm³/mol. The van der Waals surface area contributed by atoms with Crippen LogP contribution in [-0.4, -0.2) is 11.7 Å². The second kappa shape index (κ2) is 20.4. The molecule has 0 aromatic rings. The molecule has 0 bridgehead atoms. The van der Waals surface area contributed by atoms with Crippen molar-refractivity contribution in [3.63, 3.8) is 0 Å². The SMILES string of the molecule is CCO.Cl.[W]. The first-order valence-corrected chi connectivity index (χ1v) is 1.02. The number of rotatable bonds is 0. The maximum Gasteiger partial charge on any atom is 0.0402 e. The zero-order chi connectivity index (χ0) is 2.71. The van der Waals surface area contributed by atoms with E-state index >= 15 is 0 Å².